The minimum absolute atomic E-state index is 0.175. The Morgan fingerprint density at radius 1 is 1.29 bits per heavy atom. The van der Waals surface area contributed by atoms with E-state index in [0.29, 0.717) is 17.9 Å². The standard InChI is InChI=1S/C20H23ClN4O3/c1-15(24-28-14-11-25-9-12-27-13-10-25)16-4-6-17(7-5-16)23-20(26)18-3-2-8-22-19(18)21/h2-8H,9-14H2,1H3,(H,23,26)/b24-15+. The quantitative estimate of drug-likeness (QED) is 0.333. The monoisotopic (exact) mass is 402 g/mol. The fourth-order valence-corrected chi connectivity index (χ4v) is 2.94. The third-order valence-electron chi connectivity index (χ3n) is 4.37. The Morgan fingerprint density at radius 2 is 2.04 bits per heavy atom. The van der Waals surface area contributed by atoms with E-state index in [1.165, 1.54) is 0 Å². The van der Waals surface area contributed by atoms with Crippen LogP contribution in [0.5, 0.6) is 0 Å². The number of halogens is 1. The van der Waals surface area contributed by atoms with E-state index in [2.05, 4.69) is 20.4 Å². The molecule has 1 saturated heterocycles. The molecule has 28 heavy (non-hydrogen) atoms. The second kappa shape index (κ2) is 10.2. The molecule has 2 aromatic rings. The lowest BCUT2D eigenvalue weighted by molar-refractivity contribution is 0.0212. The summed E-state index contributed by atoms with van der Waals surface area (Å²) < 4.78 is 5.32. The first-order valence-corrected chi connectivity index (χ1v) is 9.50. The van der Waals surface area contributed by atoms with Gasteiger partial charge in [-0.25, -0.2) is 4.98 Å². The maximum atomic E-state index is 12.3. The van der Waals surface area contributed by atoms with E-state index in [-0.39, 0.29) is 11.1 Å². The zero-order chi connectivity index (χ0) is 19.8. The molecule has 1 amide bonds. The highest BCUT2D eigenvalue weighted by Gasteiger charge is 2.11. The minimum atomic E-state index is -0.303. The molecular weight excluding hydrogens is 380 g/mol. The minimum Gasteiger partial charge on any atom is -0.394 e. The molecule has 1 aliphatic heterocycles. The molecule has 0 bridgehead atoms. The molecule has 0 atom stereocenters. The summed E-state index contributed by atoms with van der Waals surface area (Å²) in [5.41, 5.74) is 2.69. The SMILES string of the molecule is C/C(=N\OCCN1CCOCC1)c1ccc(NC(=O)c2cccnc2Cl)cc1. The van der Waals surface area contributed by atoms with Crippen LogP contribution in [0.4, 0.5) is 5.69 Å². The zero-order valence-electron chi connectivity index (χ0n) is 15.7. The van der Waals surface area contributed by atoms with Crippen LogP contribution in [0, 0.1) is 0 Å². The van der Waals surface area contributed by atoms with Crippen LogP contribution in [0.2, 0.25) is 5.15 Å². The first-order chi connectivity index (χ1) is 13.6. The predicted octanol–water partition coefficient (Wildman–Crippen LogP) is 3.06. The summed E-state index contributed by atoms with van der Waals surface area (Å²) in [6.45, 7) is 6.68. The summed E-state index contributed by atoms with van der Waals surface area (Å²) in [7, 11) is 0. The van der Waals surface area contributed by atoms with Gasteiger partial charge in [0.1, 0.15) is 11.8 Å². The second-order valence-corrected chi connectivity index (χ2v) is 6.70. The number of hydrogen-bond donors (Lipinski definition) is 1. The van der Waals surface area contributed by atoms with Crippen molar-refractivity contribution in [1.82, 2.24) is 9.88 Å². The Kier molecular flexibility index (Phi) is 7.36. The van der Waals surface area contributed by atoms with Gasteiger partial charge in [0, 0.05) is 31.5 Å². The predicted molar refractivity (Wildman–Crippen MR) is 109 cm³/mol. The first-order valence-electron chi connectivity index (χ1n) is 9.12. The number of pyridine rings is 1. The van der Waals surface area contributed by atoms with Crippen molar-refractivity contribution < 1.29 is 14.4 Å². The van der Waals surface area contributed by atoms with Crippen molar-refractivity contribution in [3.05, 3.63) is 58.9 Å². The number of ether oxygens (including phenoxy) is 1. The molecule has 1 N–H and O–H groups in total. The molecule has 1 fully saturated rings. The number of benzene rings is 1. The highest BCUT2D eigenvalue weighted by molar-refractivity contribution is 6.33. The lowest BCUT2D eigenvalue weighted by atomic mass is 10.1. The van der Waals surface area contributed by atoms with Gasteiger partial charge >= 0.3 is 0 Å². The van der Waals surface area contributed by atoms with Crippen LogP contribution in [0.15, 0.2) is 47.8 Å². The molecule has 148 valence electrons. The van der Waals surface area contributed by atoms with E-state index >= 15 is 0 Å². The number of morpholine rings is 1. The van der Waals surface area contributed by atoms with Gasteiger partial charge in [-0.2, -0.15) is 0 Å². The van der Waals surface area contributed by atoms with Gasteiger partial charge in [-0.05, 0) is 36.8 Å². The summed E-state index contributed by atoms with van der Waals surface area (Å²) in [6.07, 6.45) is 1.54. The number of aromatic nitrogens is 1. The summed E-state index contributed by atoms with van der Waals surface area (Å²) in [6, 6.07) is 10.7. The smallest absolute Gasteiger partial charge is 0.258 e. The van der Waals surface area contributed by atoms with Crippen LogP contribution in [-0.2, 0) is 9.57 Å². The molecule has 7 nitrogen and oxygen atoms in total. The number of amides is 1. The van der Waals surface area contributed by atoms with Gasteiger partial charge in [0.2, 0.25) is 0 Å². The van der Waals surface area contributed by atoms with Crippen LogP contribution >= 0.6 is 11.6 Å². The van der Waals surface area contributed by atoms with E-state index in [1.54, 1.807) is 18.3 Å². The number of nitrogens with zero attached hydrogens (tertiary/aromatic N) is 3. The van der Waals surface area contributed by atoms with E-state index in [1.807, 2.05) is 31.2 Å². The van der Waals surface area contributed by atoms with Crippen LogP contribution < -0.4 is 5.32 Å². The fraction of sp³-hybridized carbons (Fsp3) is 0.350. The van der Waals surface area contributed by atoms with E-state index in [4.69, 9.17) is 21.2 Å². The molecular formula is C20H23ClN4O3. The van der Waals surface area contributed by atoms with Crippen molar-refractivity contribution in [2.24, 2.45) is 5.16 Å². The Labute approximate surface area is 169 Å². The lowest BCUT2D eigenvalue weighted by Gasteiger charge is -2.25. The highest BCUT2D eigenvalue weighted by Crippen LogP contribution is 2.16. The largest absolute Gasteiger partial charge is 0.394 e. The average Bonchev–Trinajstić information content (AvgIpc) is 2.72. The topological polar surface area (TPSA) is 76.1 Å². The fourth-order valence-electron chi connectivity index (χ4n) is 2.74. The zero-order valence-corrected chi connectivity index (χ0v) is 16.5. The summed E-state index contributed by atoms with van der Waals surface area (Å²) in [5, 5.41) is 7.15. The molecule has 0 radical (unpaired) electrons. The Balaban J connectivity index is 1.50. The third-order valence-corrected chi connectivity index (χ3v) is 4.67. The number of anilines is 1. The molecule has 0 saturated carbocycles. The molecule has 0 aliphatic carbocycles. The van der Waals surface area contributed by atoms with E-state index in [0.717, 1.165) is 44.1 Å². The van der Waals surface area contributed by atoms with Crippen molar-refractivity contribution in [2.75, 3.05) is 44.8 Å². The number of rotatable bonds is 7. The van der Waals surface area contributed by atoms with Crippen molar-refractivity contribution in [3.63, 3.8) is 0 Å². The normalized spacial score (nSPS) is 15.3. The Morgan fingerprint density at radius 3 is 2.75 bits per heavy atom. The number of carbonyl (C=O) groups is 1. The van der Waals surface area contributed by atoms with Gasteiger partial charge < -0.3 is 14.9 Å². The molecule has 2 heterocycles. The van der Waals surface area contributed by atoms with Gasteiger partial charge in [0.15, 0.2) is 0 Å². The average molecular weight is 403 g/mol. The molecule has 0 unspecified atom stereocenters. The maximum absolute atomic E-state index is 12.3. The summed E-state index contributed by atoms with van der Waals surface area (Å²) >= 11 is 5.95. The van der Waals surface area contributed by atoms with Crippen LogP contribution in [-0.4, -0.2) is 61.0 Å². The molecule has 1 aromatic heterocycles. The summed E-state index contributed by atoms with van der Waals surface area (Å²) in [4.78, 5) is 23.9. The first kappa shape index (κ1) is 20.3. The Bertz CT molecular complexity index is 820. The number of nitrogens with one attached hydrogen (secondary N) is 1. The van der Waals surface area contributed by atoms with Gasteiger partial charge in [-0.3, -0.25) is 9.69 Å². The van der Waals surface area contributed by atoms with Crippen LogP contribution in [0.3, 0.4) is 0 Å². The van der Waals surface area contributed by atoms with Gasteiger partial charge in [-0.1, -0.05) is 28.9 Å². The molecule has 3 rings (SSSR count). The van der Waals surface area contributed by atoms with Crippen molar-refractivity contribution in [1.29, 1.82) is 0 Å². The maximum Gasteiger partial charge on any atom is 0.258 e. The summed E-state index contributed by atoms with van der Waals surface area (Å²) in [5.74, 6) is -0.303. The lowest BCUT2D eigenvalue weighted by Crippen LogP contribution is -2.38. The van der Waals surface area contributed by atoms with E-state index in [9.17, 15) is 4.79 Å². The third kappa shape index (κ3) is 5.76. The van der Waals surface area contributed by atoms with Gasteiger partial charge in [0.25, 0.3) is 5.91 Å². The molecule has 8 heteroatoms. The van der Waals surface area contributed by atoms with Gasteiger partial charge in [0.05, 0.1) is 24.5 Å². The molecule has 1 aromatic carbocycles. The van der Waals surface area contributed by atoms with Crippen molar-refractivity contribution >= 4 is 28.9 Å². The van der Waals surface area contributed by atoms with E-state index < -0.39 is 0 Å². The number of hydrogen-bond acceptors (Lipinski definition) is 6. The van der Waals surface area contributed by atoms with Gasteiger partial charge in [-0.15, -0.1) is 0 Å². The second-order valence-electron chi connectivity index (χ2n) is 6.34. The number of carbonyl (C=O) groups excluding carboxylic acids is 1. The molecule has 1 aliphatic rings. The van der Waals surface area contributed by atoms with Crippen LogP contribution in [0.1, 0.15) is 22.8 Å². The highest BCUT2D eigenvalue weighted by atomic mass is 35.5. The Hall–Kier alpha value is -2.48. The van der Waals surface area contributed by atoms with Crippen molar-refractivity contribution in [2.45, 2.75) is 6.92 Å². The van der Waals surface area contributed by atoms with Crippen LogP contribution in [0.25, 0.3) is 0 Å². The number of oxime groups is 1. The molecule has 0 spiro atoms. The van der Waals surface area contributed by atoms with Crippen molar-refractivity contribution in [3.8, 4) is 0 Å².